The van der Waals surface area contributed by atoms with Crippen molar-refractivity contribution in [2.75, 3.05) is 31.3 Å². The van der Waals surface area contributed by atoms with Crippen molar-refractivity contribution < 1.29 is 54.9 Å². The van der Waals surface area contributed by atoms with Crippen LogP contribution in [0.4, 0.5) is 36.4 Å². The van der Waals surface area contributed by atoms with Gasteiger partial charge in [-0.15, -0.1) is 0 Å². The predicted octanol–water partition coefficient (Wildman–Crippen LogP) is 5.35. The van der Waals surface area contributed by atoms with Crippen molar-refractivity contribution in [3.63, 3.8) is 0 Å². The minimum absolute atomic E-state index is 0.0261. The Bertz CT molecular complexity index is 1830. The number of carbonyl (C=O) groups excluding carboxylic acids is 1. The van der Waals surface area contributed by atoms with Crippen LogP contribution in [0.1, 0.15) is 44.6 Å². The van der Waals surface area contributed by atoms with Gasteiger partial charge in [-0.2, -0.15) is 26.3 Å². The molecule has 0 unspecified atom stereocenters. The normalized spacial score (nSPS) is 17.3. The van der Waals surface area contributed by atoms with Gasteiger partial charge in [-0.3, -0.25) is 9.59 Å². The molecule has 2 N–H and O–H groups in total. The zero-order valence-corrected chi connectivity index (χ0v) is 26.5. The number of rotatable bonds is 7. The number of aliphatic carboxylic acids is 1. The van der Waals surface area contributed by atoms with Gasteiger partial charge in [0.05, 0.1) is 36.5 Å². The summed E-state index contributed by atoms with van der Waals surface area (Å²) in [5.41, 5.74) is -2.02. The molecule has 2 aliphatic heterocycles. The zero-order chi connectivity index (χ0) is 36.0. The van der Waals surface area contributed by atoms with Crippen LogP contribution in [0, 0.1) is 19.7 Å². The molecular weight excluding hydrogens is 667 g/mol. The number of halogens is 7. The number of morpholine rings is 1. The van der Waals surface area contributed by atoms with Gasteiger partial charge in [-0.25, -0.2) is 9.18 Å². The number of ether oxygens (including phenoxy) is 2. The number of pyridine rings is 1. The molecule has 0 spiro atoms. The van der Waals surface area contributed by atoms with Crippen LogP contribution in [0.5, 0.6) is 5.75 Å². The molecule has 0 saturated carbocycles. The van der Waals surface area contributed by atoms with Crippen LogP contribution in [-0.2, 0) is 35.6 Å². The molecule has 9 nitrogen and oxygen atoms in total. The number of benzene rings is 2. The Kier molecular flexibility index (Phi) is 9.74. The van der Waals surface area contributed by atoms with Crippen molar-refractivity contribution in [2.24, 2.45) is 7.05 Å². The zero-order valence-electron chi connectivity index (χ0n) is 26.5. The topological polar surface area (TPSA) is 110 Å². The molecule has 0 aliphatic carbocycles. The fourth-order valence-corrected chi connectivity index (χ4v) is 6.36. The van der Waals surface area contributed by atoms with Crippen LogP contribution in [0.3, 0.4) is 0 Å². The van der Waals surface area contributed by atoms with Crippen molar-refractivity contribution in [1.29, 1.82) is 0 Å². The second-order valence-corrected chi connectivity index (χ2v) is 12.0. The van der Waals surface area contributed by atoms with Gasteiger partial charge < -0.3 is 29.4 Å². The predicted molar refractivity (Wildman–Crippen MR) is 162 cm³/mol. The second kappa shape index (κ2) is 13.4. The molecule has 0 radical (unpaired) electrons. The number of carboxylic acids is 1. The Balaban J connectivity index is 1.46. The molecule has 2 aromatic carbocycles. The van der Waals surface area contributed by atoms with E-state index in [9.17, 15) is 45.8 Å². The fourth-order valence-electron chi connectivity index (χ4n) is 6.36. The first-order chi connectivity index (χ1) is 22.9. The summed E-state index contributed by atoms with van der Waals surface area (Å²) in [4.78, 5) is 39.7. The Morgan fingerprint density at radius 3 is 2.45 bits per heavy atom. The average Bonchev–Trinajstić information content (AvgIpc) is 3.02. The summed E-state index contributed by atoms with van der Waals surface area (Å²) >= 11 is 0. The Morgan fingerprint density at radius 1 is 1.10 bits per heavy atom. The highest BCUT2D eigenvalue weighted by molar-refractivity contribution is 5.98. The van der Waals surface area contributed by atoms with E-state index in [0.717, 1.165) is 15.5 Å². The van der Waals surface area contributed by atoms with Crippen LogP contribution >= 0.6 is 0 Å². The van der Waals surface area contributed by atoms with E-state index >= 15 is 4.39 Å². The maximum absolute atomic E-state index is 15.4. The van der Waals surface area contributed by atoms with E-state index in [1.54, 1.807) is 0 Å². The van der Waals surface area contributed by atoms with Gasteiger partial charge in [-0.05, 0) is 61.1 Å². The second-order valence-electron chi connectivity index (χ2n) is 12.0. The molecule has 3 heterocycles. The lowest BCUT2D eigenvalue weighted by Gasteiger charge is -2.38. The summed E-state index contributed by atoms with van der Waals surface area (Å²) < 4.78 is 109. The van der Waals surface area contributed by atoms with Gasteiger partial charge in [0.2, 0.25) is 0 Å². The highest BCUT2D eigenvalue weighted by atomic mass is 19.4. The molecule has 1 aromatic heterocycles. The number of carboxylic acid groups (broad SMARTS) is 1. The molecule has 49 heavy (non-hydrogen) atoms. The lowest BCUT2D eigenvalue weighted by molar-refractivity contribution is -0.167. The smallest absolute Gasteiger partial charge is 0.418 e. The van der Waals surface area contributed by atoms with Crippen LogP contribution < -0.4 is 20.5 Å². The van der Waals surface area contributed by atoms with Crippen molar-refractivity contribution in [1.82, 2.24) is 9.88 Å². The van der Waals surface area contributed by atoms with E-state index in [0.29, 0.717) is 30.2 Å². The number of nitrogens with zero attached hydrogens (tertiary/aromatic N) is 2. The summed E-state index contributed by atoms with van der Waals surface area (Å²) in [7, 11) is 1.20. The number of carbonyl (C=O) groups is 2. The number of amides is 1. The number of aromatic nitrogens is 1. The lowest BCUT2D eigenvalue weighted by atomic mass is 9.89. The highest BCUT2D eigenvalue weighted by Gasteiger charge is 2.46. The number of hydrogen-bond acceptors (Lipinski definition) is 6. The molecule has 3 aromatic rings. The SMILES string of the molecule is Cc1cc(N2CCOC[C@@H]2C(F)(F)F)cc(F)c1C(=O)N[C@@H](Cc1ccc(-c2c(C)c(C(F)(F)F)cn(C)c2=O)c2c1CCCO2)C(=O)O. The van der Waals surface area contributed by atoms with Gasteiger partial charge in [0.15, 0.2) is 0 Å². The summed E-state index contributed by atoms with van der Waals surface area (Å²) in [6.07, 6.45) is -8.24. The summed E-state index contributed by atoms with van der Waals surface area (Å²) in [5.74, 6) is -3.64. The lowest BCUT2D eigenvalue weighted by Crippen LogP contribution is -2.53. The van der Waals surface area contributed by atoms with E-state index in [-0.39, 0.29) is 59.9 Å². The van der Waals surface area contributed by atoms with Crippen LogP contribution in [0.2, 0.25) is 0 Å². The van der Waals surface area contributed by atoms with Gasteiger partial charge in [0.25, 0.3) is 11.5 Å². The van der Waals surface area contributed by atoms with Crippen molar-refractivity contribution >= 4 is 17.6 Å². The molecule has 5 rings (SSSR count). The first kappa shape index (κ1) is 35.7. The first-order valence-corrected chi connectivity index (χ1v) is 15.2. The summed E-state index contributed by atoms with van der Waals surface area (Å²) in [5, 5.41) is 12.3. The van der Waals surface area contributed by atoms with E-state index in [1.165, 1.54) is 39.1 Å². The Labute approximate surface area is 275 Å². The minimum Gasteiger partial charge on any atom is -0.493 e. The van der Waals surface area contributed by atoms with Gasteiger partial charge in [-0.1, -0.05) is 12.1 Å². The quantitative estimate of drug-likeness (QED) is 0.321. The van der Waals surface area contributed by atoms with Crippen molar-refractivity contribution in [2.45, 2.75) is 57.5 Å². The monoisotopic (exact) mass is 699 g/mol. The Hall–Kier alpha value is -4.60. The maximum atomic E-state index is 15.4. The number of anilines is 1. The van der Waals surface area contributed by atoms with Crippen LogP contribution in [0.25, 0.3) is 11.1 Å². The standard InChI is InChI=1S/C33H32F7N3O6/c1-16-11-19(43-8-10-48-15-25(43)33(38,39)40)13-23(34)26(16)29(44)41-24(31(46)47)12-18-6-7-21(28-20(18)5-4-9-49-28)27-17(2)22(32(35,36)37)14-42(3)30(27)45/h6-7,11,13-14,24-25H,4-5,8-10,12,15H2,1-3H3,(H,41,44)(H,46,47)/t24-,25+/m0/s1. The number of aryl methyl sites for hydroxylation is 2. The van der Waals surface area contributed by atoms with Gasteiger partial charge in [0, 0.05) is 37.5 Å². The molecule has 1 fully saturated rings. The van der Waals surface area contributed by atoms with Crippen molar-refractivity contribution in [3.05, 3.63) is 80.0 Å². The van der Waals surface area contributed by atoms with Gasteiger partial charge >= 0.3 is 18.3 Å². The minimum atomic E-state index is -4.75. The summed E-state index contributed by atoms with van der Waals surface area (Å²) in [6, 6.07) is 1.16. The molecule has 2 aliphatic rings. The molecule has 1 saturated heterocycles. The summed E-state index contributed by atoms with van der Waals surface area (Å²) in [6.45, 7) is 1.82. The van der Waals surface area contributed by atoms with Gasteiger partial charge in [0.1, 0.15) is 23.7 Å². The number of alkyl halides is 6. The third-order valence-corrected chi connectivity index (χ3v) is 8.75. The Morgan fingerprint density at radius 2 is 1.82 bits per heavy atom. The molecule has 16 heteroatoms. The van der Waals surface area contributed by atoms with E-state index in [1.807, 2.05) is 0 Å². The van der Waals surface area contributed by atoms with E-state index in [4.69, 9.17) is 9.47 Å². The van der Waals surface area contributed by atoms with Crippen LogP contribution in [0.15, 0.2) is 35.3 Å². The number of hydrogen-bond donors (Lipinski definition) is 2. The largest absolute Gasteiger partial charge is 0.493 e. The first-order valence-electron chi connectivity index (χ1n) is 15.2. The number of fused-ring (bicyclic) bond motifs is 1. The average molecular weight is 700 g/mol. The maximum Gasteiger partial charge on any atom is 0.418 e. The fraction of sp³-hybridized carbons (Fsp3) is 0.424. The third kappa shape index (κ3) is 7.09. The number of nitrogens with one attached hydrogen (secondary N) is 1. The molecular formula is C33H32F7N3O6. The third-order valence-electron chi connectivity index (χ3n) is 8.75. The molecule has 264 valence electrons. The highest BCUT2D eigenvalue weighted by Crippen LogP contribution is 2.41. The molecule has 0 bridgehead atoms. The van der Waals surface area contributed by atoms with Crippen LogP contribution in [-0.4, -0.2) is 66.2 Å². The van der Waals surface area contributed by atoms with E-state index < -0.39 is 65.4 Å². The molecule has 2 atom stereocenters. The molecule has 1 amide bonds. The van der Waals surface area contributed by atoms with Crippen molar-refractivity contribution in [3.8, 4) is 16.9 Å². The van der Waals surface area contributed by atoms with E-state index in [2.05, 4.69) is 5.32 Å².